The van der Waals surface area contributed by atoms with Crippen molar-refractivity contribution in [3.63, 3.8) is 0 Å². The zero-order valence-electron chi connectivity index (χ0n) is 12.9. The predicted octanol–water partition coefficient (Wildman–Crippen LogP) is 2.30. The number of hydrogen-bond donors (Lipinski definition) is 0. The molecule has 0 aliphatic carbocycles. The van der Waals surface area contributed by atoms with E-state index in [1.54, 1.807) is 0 Å². The van der Waals surface area contributed by atoms with Crippen molar-refractivity contribution >= 4 is 23.9 Å². The summed E-state index contributed by atoms with van der Waals surface area (Å²) in [7, 11) is -2.59. The highest BCUT2D eigenvalue weighted by molar-refractivity contribution is 7.07. The van der Waals surface area contributed by atoms with Crippen LogP contribution in [0.15, 0.2) is 91.0 Å². The molecule has 1 nitrogen and oxygen atoms in total. The van der Waals surface area contributed by atoms with Gasteiger partial charge in [0.15, 0.2) is 0 Å². The van der Waals surface area contributed by atoms with Gasteiger partial charge in [-0.3, -0.25) is 0 Å². The average molecular weight is 314 g/mol. The van der Waals surface area contributed by atoms with Crippen molar-refractivity contribution < 1.29 is 4.43 Å². The summed E-state index contributed by atoms with van der Waals surface area (Å²) in [6.07, 6.45) is 5.52. The van der Waals surface area contributed by atoms with Crippen LogP contribution in [0.1, 0.15) is 0 Å². The summed E-state index contributed by atoms with van der Waals surface area (Å²) < 4.78 is 6.44. The van der Waals surface area contributed by atoms with Crippen LogP contribution in [-0.4, -0.2) is 14.9 Å². The molecule has 0 aliphatic heterocycles. The number of hydrogen-bond acceptors (Lipinski definition) is 1. The van der Waals surface area contributed by atoms with Gasteiger partial charge in [-0.25, -0.2) is 0 Å². The van der Waals surface area contributed by atoms with Gasteiger partial charge in [0.1, 0.15) is 0 Å². The minimum atomic E-state index is -2.59. The maximum atomic E-state index is 6.44. The van der Waals surface area contributed by atoms with Crippen molar-refractivity contribution in [1.29, 1.82) is 0 Å². The quantitative estimate of drug-likeness (QED) is 0.399. The van der Waals surface area contributed by atoms with Crippen LogP contribution in [0.25, 0.3) is 0 Å². The van der Waals surface area contributed by atoms with Gasteiger partial charge >= 0.3 is 0 Å². The smallest absolute Gasteiger partial charge is 0.289 e. The molecule has 0 aromatic heterocycles. The third-order valence-corrected chi connectivity index (χ3v) is 7.93. The van der Waals surface area contributed by atoms with Crippen LogP contribution in [0.2, 0.25) is 0 Å². The summed E-state index contributed by atoms with van der Waals surface area (Å²) in [6.45, 7) is 0.297. The Hall–Kier alpha value is -2.60. The standard InChI is InChI=1S/C21H18OSi/c1-2-18-22-23(19-12-6-3-7-13-19,20-14-8-4-9-15-20)21-16-10-5-11-17-21/h1,3-17H,18H2. The van der Waals surface area contributed by atoms with E-state index in [2.05, 4.69) is 78.7 Å². The Kier molecular flexibility index (Phi) is 4.73. The highest BCUT2D eigenvalue weighted by atomic mass is 28.4. The zero-order chi connectivity index (χ0) is 16.0. The summed E-state index contributed by atoms with van der Waals surface area (Å²) in [5.74, 6) is 2.64. The zero-order valence-corrected chi connectivity index (χ0v) is 13.9. The van der Waals surface area contributed by atoms with Crippen molar-refractivity contribution in [2.24, 2.45) is 0 Å². The lowest BCUT2D eigenvalue weighted by atomic mass is 10.3. The maximum absolute atomic E-state index is 6.44. The molecule has 23 heavy (non-hydrogen) atoms. The lowest BCUT2D eigenvalue weighted by Gasteiger charge is -2.32. The lowest BCUT2D eigenvalue weighted by Crippen LogP contribution is -2.69. The number of rotatable bonds is 5. The molecule has 0 heterocycles. The van der Waals surface area contributed by atoms with Gasteiger partial charge in [-0.15, -0.1) is 6.42 Å². The minimum Gasteiger partial charge on any atom is -0.393 e. The Balaban J connectivity index is 2.28. The molecule has 0 radical (unpaired) electrons. The van der Waals surface area contributed by atoms with E-state index in [1.807, 2.05) is 18.2 Å². The summed E-state index contributed by atoms with van der Waals surface area (Å²) in [4.78, 5) is 0. The Morgan fingerprint density at radius 2 is 1.00 bits per heavy atom. The van der Waals surface area contributed by atoms with Gasteiger partial charge in [-0.2, -0.15) is 0 Å². The normalized spacial score (nSPS) is 10.9. The van der Waals surface area contributed by atoms with Crippen molar-refractivity contribution in [1.82, 2.24) is 0 Å². The van der Waals surface area contributed by atoms with Gasteiger partial charge in [0.2, 0.25) is 0 Å². The highest BCUT2D eigenvalue weighted by Crippen LogP contribution is 2.09. The average Bonchev–Trinajstić information content (AvgIpc) is 2.65. The molecule has 0 N–H and O–H groups in total. The van der Waals surface area contributed by atoms with Gasteiger partial charge in [0, 0.05) is 0 Å². The van der Waals surface area contributed by atoms with Crippen LogP contribution < -0.4 is 15.6 Å². The van der Waals surface area contributed by atoms with Crippen LogP contribution in [-0.2, 0) is 4.43 Å². The molecule has 0 atom stereocenters. The van der Waals surface area contributed by atoms with Gasteiger partial charge in [-0.05, 0) is 15.6 Å². The molecule has 3 aromatic carbocycles. The van der Waals surface area contributed by atoms with Gasteiger partial charge in [0.25, 0.3) is 8.32 Å². The third kappa shape index (κ3) is 2.98. The molecule has 2 heteroatoms. The van der Waals surface area contributed by atoms with Crippen LogP contribution in [0.4, 0.5) is 0 Å². The SMILES string of the molecule is C#CCO[Si](c1ccccc1)(c1ccccc1)c1ccccc1. The van der Waals surface area contributed by atoms with E-state index in [1.165, 1.54) is 15.6 Å². The summed E-state index contributed by atoms with van der Waals surface area (Å²) in [5.41, 5.74) is 0. The van der Waals surface area contributed by atoms with Crippen LogP contribution in [0.3, 0.4) is 0 Å². The second kappa shape index (κ2) is 7.10. The van der Waals surface area contributed by atoms with E-state index < -0.39 is 8.32 Å². The van der Waals surface area contributed by atoms with Crippen molar-refractivity contribution in [3.8, 4) is 12.3 Å². The van der Waals surface area contributed by atoms with Gasteiger partial charge in [-0.1, -0.05) is 96.9 Å². The molecule has 3 rings (SSSR count). The summed E-state index contributed by atoms with van der Waals surface area (Å²) in [6, 6.07) is 31.3. The molecule has 0 unspecified atom stereocenters. The molecule has 0 spiro atoms. The molecule has 0 amide bonds. The Morgan fingerprint density at radius 3 is 1.30 bits per heavy atom. The lowest BCUT2D eigenvalue weighted by molar-refractivity contribution is 0.379. The van der Waals surface area contributed by atoms with E-state index in [9.17, 15) is 0 Å². The largest absolute Gasteiger partial charge is 0.393 e. The molecule has 0 saturated heterocycles. The Labute approximate surface area is 138 Å². The maximum Gasteiger partial charge on any atom is 0.289 e. The molecule has 0 saturated carbocycles. The fourth-order valence-electron chi connectivity index (χ4n) is 2.92. The van der Waals surface area contributed by atoms with Crippen molar-refractivity contribution in [2.45, 2.75) is 0 Å². The van der Waals surface area contributed by atoms with Crippen LogP contribution in [0, 0.1) is 12.3 Å². The third-order valence-electron chi connectivity index (χ3n) is 3.91. The fraction of sp³-hybridized carbons (Fsp3) is 0.0476. The first-order chi connectivity index (χ1) is 11.4. The molecule has 3 aromatic rings. The van der Waals surface area contributed by atoms with Gasteiger partial charge < -0.3 is 4.43 Å². The number of benzene rings is 3. The summed E-state index contributed by atoms with van der Waals surface area (Å²) in [5, 5.41) is 3.60. The molecule has 0 aliphatic rings. The Bertz CT molecular complexity index is 680. The van der Waals surface area contributed by atoms with E-state index >= 15 is 0 Å². The van der Waals surface area contributed by atoms with Crippen molar-refractivity contribution in [2.75, 3.05) is 6.61 Å². The van der Waals surface area contributed by atoms with E-state index in [-0.39, 0.29) is 0 Å². The van der Waals surface area contributed by atoms with Crippen LogP contribution >= 0.6 is 0 Å². The van der Waals surface area contributed by atoms with E-state index in [0.717, 1.165) is 0 Å². The molecule has 0 bridgehead atoms. The Morgan fingerprint density at radius 1 is 0.652 bits per heavy atom. The number of terminal acetylenes is 1. The fourth-order valence-corrected chi connectivity index (χ4v) is 6.70. The molecular formula is C21H18OSi. The minimum absolute atomic E-state index is 0.297. The van der Waals surface area contributed by atoms with Crippen molar-refractivity contribution in [3.05, 3.63) is 91.0 Å². The highest BCUT2D eigenvalue weighted by Gasteiger charge is 2.41. The van der Waals surface area contributed by atoms with Crippen LogP contribution in [0.5, 0.6) is 0 Å². The second-order valence-electron chi connectivity index (χ2n) is 5.27. The molecule has 112 valence electrons. The monoisotopic (exact) mass is 314 g/mol. The van der Waals surface area contributed by atoms with Gasteiger partial charge in [0.05, 0.1) is 6.61 Å². The molecule has 0 fully saturated rings. The topological polar surface area (TPSA) is 9.23 Å². The predicted molar refractivity (Wildman–Crippen MR) is 98.8 cm³/mol. The second-order valence-corrected chi connectivity index (χ2v) is 8.66. The first kappa shape index (κ1) is 15.3. The first-order valence-corrected chi connectivity index (χ1v) is 9.53. The first-order valence-electron chi connectivity index (χ1n) is 7.62. The van der Waals surface area contributed by atoms with E-state index in [0.29, 0.717) is 6.61 Å². The molecular weight excluding hydrogens is 296 g/mol. The summed E-state index contributed by atoms with van der Waals surface area (Å²) >= 11 is 0. The van der Waals surface area contributed by atoms with E-state index in [4.69, 9.17) is 10.8 Å².